The lowest BCUT2D eigenvalue weighted by atomic mass is 9.55. The number of piperidine rings is 1. The maximum atomic E-state index is 13.2. The van der Waals surface area contributed by atoms with Crippen LogP contribution in [0.5, 0.6) is 5.75 Å². The lowest BCUT2D eigenvalue weighted by Crippen LogP contribution is -2.67. The topological polar surface area (TPSA) is 72.8 Å². The number of phenols is 1. The minimum atomic E-state index is -0.938. The molecule has 176 valence electrons. The molecule has 3 aromatic carbocycles. The molecular formula is C29H32N2O3. The van der Waals surface area contributed by atoms with E-state index in [-0.39, 0.29) is 17.7 Å². The largest absolute Gasteiger partial charge is 0.508 e. The van der Waals surface area contributed by atoms with Gasteiger partial charge in [0.25, 0.3) is 5.91 Å². The number of aromatic hydroxyl groups is 1. The molecule has 0 bridgehead atoms. The molecule has 3 N–H and O–H groups in total. The van der Waals surface area contributed by atoms with Crippen LogP contribution in [0.1, 0.15) is 41.6 Å². The average Bonchev–Trinajstić information content (AvgIpc) is 2.84. The van der Waals surface area contributed by atoms with Crippen LogP contribution < -0.4 is 5.32 Å². The van der Waals surface area contributed by atoms with Gasteiger partial charge in [0.1, 0.15) is 5.75 Å². The molecule has 0 radical (unpaired) electrons. The van der Waals surface area contributed by atoms with Crippen LogP contribution in [0, 0.1) is 0 Å². The second-order valence-electron chi connectivity index (χ2n) is 9.91. The first-order valence-electron chi connectivity index (χ1n) is 12.1. The molecule has 2 aliphatic rings. The summed E-state index contributed by atoms with van der Waals surface area (Å²) < 4.78 is 0. The predicted molar refractivity (Wildman–Crippen MR) is 135 cm³/mol. The fourth-order valence-corrected chi connectivity index (χ4v) is 6.12. The van der Waals surface area contributed by atoms with E-state index in [0.717, 1.165) is 35.8 Å². The number of nitrogens with one attached hydrogen (secondary N) is 1. The van der Waals surface area contributed by atoms with Gasteiger partial charge in [-0.2, -0.15) is 0 Å². The number of β-amino-alcohol motifs (C(OH)–C–C–N with tert-alkyl or cyclic N) is 1. The summed E-state index contributed by atoms with van der Waals surface area (Å²) in [6.45, 7) is 5.98. The van der Waals surface area contributed by atoms with E-state index >= 15 is 0 Å². The molecule has 0 unspecified atom stereocenters. The van der Waals surface area contributed by atoms with E-state index in [1.54, 1.807) is 12.1 Å². The predicted octanol–water partition coefficient (Wildman–Crippen LogP) is 4.39. The van der Waals surface area contributed by atoms with Gasteiger partial charge in [-0.15, -0.1) is 6.58 Å². The second-order valence-corrected chi connectivity index (χ2v) is 9.91. The number of aliphatic hydroxyl groups is 1. The van der Waals surface area contributed by atoms with Crippen molar-refractivity contribution >= 4 is 16.7 Å². The third kappa shape index (κ3) is 3.99. The number of hydrogen-bond donors (Lipinski definition) is 3. The summed E-state index contributed by atoms with van der Waals surface area (Å²) in [6.07, 6.45) is 4.55. The van der Waals surface area contributed by atoms with Crippen molar-refractivity contribution in [2.75, 3.05) is 19.6 Å². The smallest absolute Gasteiger partial charge is 0.251 e. The third-order valence-corrected chi connectivity index (χ3v) is 7.86. The molecule has 3 atom stereocenters. The van der Waals surface area contributed by atoms with E-state index in [1.165, 1.54) is 0 Å². The van der Waals surface area contributed by atoms with E-state index in [4.69, 9.17) is 0 Å². The van der Waals surface area contributed by atoms with Gasteiger partial charge in [-0.1, -0.05) is 48.5 Å². The molecule has 5 heteroatoms. The van der Waals surface area contributed by atoms with Crippen LogP contribution in [0.3, 0.4) is 0 Å². The fraction of sp³-hybridized carbons (Fsp3) is 0.345. The van der Waals surface area contributed by atoms with Gasteiger partial charge in [0.15, 0.2) is 0 Å². The van der Waals surface area contributed by atoms with Crippen LogP contribution in [0.2, 0.25) is 0 Å². The molecule has 0 spiro atoms. The Labute approximate surface area is 200 Å². The lowest BCUT2D eigenvalue weighted by molar-refractivity contribution is -0.123. The summed E-state index contributed by atoms with van der Waals surface area (Å²) in [5.74, 6) is 0.112. The van der Waals surface area contributed by atoms with Gasteiger partial charge in [0.05, 0.1) is 5.60 Å². The summed E-state index contributed by atoms with van der Waals surface area (Å²) in [7, 11) is 0. The Morgan fingerprint density at radius 2 is 1.91 bits per heavy atom. The van der Waals surface area contributed by atoms with Crippen LogP contribution in [-0.4, -0.2) is 52.3 Å². The highest BCUT2D eigenvalue weighted by atomic mass is 16.3. The SMILES string of the molecule is C=CCN1CC[C@@]2(c3cccc(O)c3)C[C@H](NC(=O)c3ccc4ccccc4c3)CC[C@]2(O)C1. The first kappa shape index (κ1) is 22.6. The minimum absolute atomic E-state index is 0.0625. The number of carbonyl (C=O) groups excluding carboxylic acids is 1. The van der Waals surface area contributed by atoms with Crippen LogP contribution in [0.4, 0.5) is 0 Å². The Morgan fingerprint density at radius 3 is 2.71 bits per heavy atom. The van der Waals surface area contributed by atoms with Crippen LogP contribution in [-0.2, 0) is 5.41 Å². The van der Waals surface area contributed by atoms with Crippen molar-refractivity contribution in [3.05, 3.63) is 90.5 Å². The summed E-state index contributed by atoms with van der Waals surface area (Å²) in [4.78, 5) is 15.4. The minimum Gasteiger partial charge on any atom is -0.508 e. The zero-order valence-electron chi connectivity index (χ0n) is 19.4. The van der Waals surface area contributed by atoms with Gasteiger partial charge in [-0.25, -0.2) is 0 Å². The van der Waals surface area contributed by atoms with Crippen LogP contribution >= 0.6 is 0 Å². The van der Waals surface area contributed by atoms with Crippen molar-refractivity contribution in [2.45, 2.75) is 42.7 Å². The number of carbonyl (C=O) groups is 1. The average molecular weight is 457 g/mol. The highest BCUT2D eigenvalue weighted by molar-refractivity contribution is 5.98. The van der Waals surface area contributed by atoms with Gasteiger partial charge in [0.2, 0.25) is 0 Å². The summed E-state index contributed by atoms with van der Waals surface area (Å²) in [5.41, 5.74) is 0.111. The Morgan fingerprint density at radius 1 is 1.09 bits per heavy atom. The van der Waals surface area contributed by atoms with Gasteiger partial charge >= 0.3 is 0 Å². The molecule has 2 fully saturated rings. The first-order valence-corrected chi connectivity index (χ1v) is 12.1. The van der Waals surface area contributed by atoms with Crippen molar-refractivity contribution in [1.29, 1.82) is 0 Å². The molecular weight excluding hydrogens is 424 g/mol. The van der Waals surface area contributed by atoms with E-state index in [0.29, 0.717) is 31.4 Å². The van der Waals surface area contributed by atoms with Gasteiger partial charge in [-0.05, 0) is 72.8 Å². The van der Waals surface area contributed by atoms with Crippen molar-refractivity contribution in [3.63, 3.8) is 0 Å². The number of likely N-dealkylation sites (tertiary alicyclic amines) is 1. The van der Waals surface area contributed by atoms with E-state index in [9.17, 15) is 15.0 Å². The normalized spacial score (nSPS) is 27.1. The summed E-state index contributed by atoms with van der Waals surface area (Å²) in [5, 5.41) is 27.6. The quantitative estimate of drug-likeness (QED) is 0.498. The fourth-order valence-electron chi connectivity index (χ4n) is 6.12. The number of fused-ring (bicyclic) bond motifs is 2. The second kappa shape index (κ2) is 8.90. The first-order chi connectivity index (χ1) is 16.4. The molecule has 34 heavy (non-hydrogen) atoms. The molecule has 1 saturated carbocycles. The van der Waals surface area contributed by atoms with E-state index in [1.807, 2.05) is 60.7 Å². The zero-order chi connectivity index (χ0) is 23.8. The van der Waals surface area contributed by atoms with Gasteiger partial charge < -0.3 is 15.5 Å². The van der Waals surface area contributed by atoms with E-state index < -0.39 is 11.0 Å². The van der Waals surface area contributed by atoms with E-state index in [2.05, 4.69) is 16.8 Å². The molecule has 0 aromatic heterocycles. The summed E-state index contributed by atoms with van der Waals surface area (Å²) >= 11 is 0. The Hall–Kier alpha value is -3.15. The molecule has 1 saturated heterocycles. The van der Waals surface area contributed by atoms with Crippen molar-refractivity contribution in [3.8, 4) is 5.75 Å². The number of phenolic OH excluding ortho intramolecular Hbond substituents is 1. The standard InChI is InChI=1S/C29H32N2O3/c1-2-15-31-16-14-28(24-8-5-9-26(32)18-24)19-25(12-13-29(28,34)20-31)30-27(33)23-11-10-21-6-3-4-7-22(21)17-23/h2-11,17-18,25,32,34H,1,12-16,19-20H2,(H,30,33)/t25-,28+,29+/m1/s1. The summed E-state index contributed by atoms with van der Waals surface area (Å²) in [6, 6.07) is 21.0. The number of rotatable bonds is 5. The Balaban J connectivity index is 1.42. The van der Waals surface area contributed by atoms with Gasteiger partial charge in [-0.3, -0.25) is 9.69 Å². The molecule has 5 nitrogen and oxygen atoms in total. The van der Waals surface area contributed by atoms with Gasteiger partial charge in [0, 0.05) is 30.1 Å². The molecule has 1 aliphatic carbocycles. The third-order valence-electron chi connectivity index (χ3n) is 7.86. The van der Waals surface area contributed by atoms with Crippen molar-refractivity contribution < 1.29 is 15.0 Å². The number of benzene rings is 3. The Bertz CT molecular complexity index is 1220. The highest BCUT2D eigenvalue weighted by Crippen LogP contribution is 2.52. The van der Waals surface area contributed by atoms with Crippen LogP contribution in [0.25, 0.3) is 10.8 Å². The van der Waals surface area contributed by atoms with Crippen LogP contribution in [0.15, 0.2) is 79.4 Å². The van der Waals surface area contributed by atoms with Crippen molar-refractivity contribution in [1.82, 2.24) is 10.2 Å². The number of nitrogens with zero attached hydrogens (tertiary/aromatic N) is 1. The molecule has 5 rings (SSSR count). The molecule has 3 aromatic rings. The molecule has 1 amide bonds. The molecule has 1 aliphatic heterocycles. The monoisotopic (exact) mass is 456 g/mol. The maximum absolute atomic E-state index is 13.2. The number of hydrogen-bond acceptors (Lipinski definition) is 4. The zero-order valence-corrected chi connectivity index (χ0v) is 19.4. The lowest BCUT2D eigenvalue weighted by Gasteiger charge is -2.58. The molecule has 1 heterocycles. The van der Waals surface area contributed by atoms with Crippen molar-refractivity contribution in [2.24, 2.45) is 0 Å². The Kier molecular flexibility index (Phi) is 5.92. The maximum Gasteiger partial charge on any atom is 0.251 e. The number of amides is 1. The highest BCUT2D eigenvalue weighted by Gasteiger charge is 2.57.